The predicted molar refractivity (Wildman–Crippen MR) is 129 cm³/mol. The Hall–Kier alpha value is -2.07. The van der Waals surface area contributed by atoms with E-state index in [-0.39, 0.29) is 42.0 Å². The van der Waals surface area contributed by atoms with Crippen LogP contribution in [0, 0.1) is 5.82 Å². The van der Waals surface area contributed by atoms with Gasteiger partial charge in [0.2, 0.25) is 6.79 Å². The molecule has 0 bridgehead atoms. The molecule has 31 heavy (non-hydrogen) atoms. The standard InChI is InChI=1S/C23H28FN3O3.HI/c1-2-25-22(26-14-17-6-7-20-21(12-17)30-16-29-20)27-15-23(8-10-28-11-9-23)18-4-3-5-19(24)13-18;/h3-7,12-13H,2,8-11,14-16H2,1H3,(H2,25,26,27);1H. The highest BCUT2D eigenvalue weighted by molar-refractivity contribution is 14.0. The summed E-state index contributed by atoms with van der Waals surface area (Å²) in [7, 11) is 0. The molecule has 2 aliphatic heterocycles. The Bertz CT molecular complexity index is 903. The van der Waals surface area contributed by atoms with E-state index < -0.39 is 0 Å². The minimum atomic E-state index is -0.207. The lowest BCUT2D eigenvalue weighted by molar-refractivity contribution is 0.0513. The summed E-state index contributed by atoms with van der Waals surface area (Å²) >= 11 is 0. The highest BCUT2D eigenvalue weighted by atomic mass is 127. The van der Waals surface area contributed by atoms with Crippen molar-refractivity contribution >= 4 is 29.9 Å². The first-order valence-corrected chi connectivity index (χ1v) is 10.4. The van der Waals surface area contributed by atoms with Crippen molar-refractivity contribution in [1.29, 1.82) is 0 Å². The Balaban J connectivity index is 0.00000272. The Morgan fingerprint density at radius 1 is 1.06 bits per heavy atom. The number of rotatable bonds is 6. The molecule has 2 aromatic carbocycles. The van der Waals surface area contributed by atoms with E-state index >= 15 is 0 Å². The average molecular weight is 541 g/mol. The van der Waals surface area contributed by atoms with Gasteiger partial charge in [0.25, 0.3) is 0 Å². The lowest BCUT2D eigenvalue weighted by Crippen LogP contribution is -2.48. The van der Waals surface area contributed by atoms with Gasteiger partial charge in [-0.25, -0.2) is 9.38 Å². The predicted octanol–water partition coefficient (Wildman–Crippen LogP) is 3.98. The van der Waals surface area contributed by atoms with Crippen LogP contribution in [0.2, 0.25) is 0 Å². The minimum Gasteiger partial charge on any atom is -0.454 e. The second kappa shape index (κ2) is 11.0. The summed E-state index contributed by atoms with van der Waals surface area (Å²) in [4.78, 5) is 4.73. The minimum absolute atomic E-state index is 0. The van der Waals surface area contributed by atoms with Crippen molar-refractivity contribution in [3.8, 4) is 11.5 Å². The number of aliphatic imine (C=N–C) groups is 1. The quantitative estimate of drug-likeness (QED) is 0.329. The van der Waals surface area contributed by atoms with Crippen LogP contribution in [0.1, 0.15) is 30.9 Å². The van der Waals surface area contributed by atoms with Crippen LogP contribution in [0.25, 0.3) is 0 Å². The van der Waals surface area contributed by atoms with E-state index in [4.69, 9.17) is 19.2 Å². The first-order valence-electron chi connectivity index (χ1n) is 10.4. The van der Waals surface area contributed by atoms with Crippen molar-refractivity contribution in [3.63, 3.8) is 0 Å². The Kier molecular flexibility index (Phi) is 8.36. The molecule has 4 rings (SSSR count). The molecule has 0 spiro atoms. The SMILES string of the molecule is CCNC(=NCc1ccc2c(c1)OCO2)NCC1(c2cccc(F)c2)CCOCC1.I. The molecular weight excluding hydrogens is 512 g/mol. The number of nitrogens with one attached hydrogen (secondary N) is 2. The van der Waals surface area contributed by atoms with Gasteiger partial charge >= 0.3 is 0 Å². The van der Waals surface area contributed by atoms with E-state index in [0.29, 0.717) is 26.3 Å². The highest BCUT2D eigenvalue weighted by Crippen LogP contribution is 2.35. The molecular formula is C23H29FIN3O3. The molecule has 8 heteroatoms. The maximum atomic E-state index is 13.9. The molecule has 2 aromatic rings. The van der Waals surface area contributed by atoms with Gasteiger partial charge in [-0.05, 0) is 55.2 Å². The molecule has 0 aliphatic carbocycles. The van der Waals surface area contributed by atoms with Crippen LogP contribution < -0.4 is 20.1 Å². The molecule has 2 aliphatic rings. The van der Waals surface area contributed by atoms with Crippen LogP contribution in [0.5, 0.6) is 11.5 Å². The number of ether oxygens (including phenoxy) is 3. The third-order valence-electron chi connectivity index (χ3n) is 5.68. The molecule has 2 heterocycles. The second-order valence-electron chi connectivity index (χ2n) is 7.64. The Morgan fingerprint density at radius 3 is 2.65 bits per heavy atom. The van der Waals surface area contributed by atoms with Gasteiger partial charge in [0.15, 0.2) is 17.5 Å². The molecule has 2 N–H and O–H groups in total. The van der Waals surface area contributed by atoms with E-state index in [1.165, 1.54) is 6.07 Å². The fourth-order valence-corrected chi connectivity index (χ4v) is 3.95. The number of benzene rings is 2. The monoisotopic (exact) mass is 541 g/mol. The van der Waals surface area contributed by atoms with E-state index in [1.807, 2.05) is 31.2 Å². The van der Waals surface area contributed by atoms with E-state index in [1.54, 1.807) is 12.1 Å². The molecule has 1 saturated heterocycles. The lowest BCUT2D eigenvalue weighted by Gasteiger charge is -2.38. The smallest absolute Gasteiger partial charge is 0.231 e. The van der Waals surface area contributed by atoms with Gasteiger partial charge in [0.05, 0.1) is 6.54 Å². The summed E-state index contributed by atoms with van der Waals surface area (Å²) in [5.74, 6) is 2.05. The van der Waals surface area contributed by atoms with E-state index in [9.17, 15) is 4.39 Å². The van der Waals surface area contributed by atoms with Crippen molar-refractivity contribution in [3.05, 3.63) is 59.4 Å². The van der Waals surface area contributed by atoms with Gasteiger partial charge in [-0.15, -0.1) is 24.0 Å². The fourth-order valence-electron chi connectivity index (χ4n) is 3.95. The van der Waals surface area contributed by atoms with Crippen molar-refractivity contribution in [1.82, 2.24) is 10.6 Å². The topological polar surface area (TPSA) is 64.1 Å². The summed E-state index contributed by atoms with van der Waals surface area (Å²) in [5, 5.41) is 6.78. The van der Waals surface area contributed by atoms with E-state index in [2.05, 4.69) is 10.6 Å². The number of halogens is 2. The van der Waals surface area contributed by atoms with Gasteiger partial charge in [0, 0.05) is 31.7 Å². The van der Waals surface area contributed by atoms with E-state index in [0.717, 1.165) is 48.0 Å². The summed E-state index contributed by atoms with van der Waals surface area (Å²) < 4.78 is 30.3. The zero-order valence-corrected chi connectivity index (χ0v) is 20.0. The van der Waals surface area contributed by atoms with Crippen LogP contribution in [0.4, 0.5) is 4.39 Å². The molecule has 0 aromatic heterocycles. The molecule has 0 radical (unpaired) electrons. The summed E-state index contributed by atoms with van der Waals surface area (Å²) in [6.45, 7) is 5.57. The first kappa shape index (κ1) is 23.6. The number of fused-ring (bicyclic) bond motifs is 1. The third kappa shape index (κ3) is 5.79. The molecule has 0 unspecified atom stereocenters. The number of hydrogen-bond donors (Lipinski definition) is 2. The maximum Gasteiger partial charge on any atom is 0.231 e. The second-order valence-corrected chi connectivity index (χ2v) is 7.64. The van der Waals surface area contributed by atoms with Crippen molar-refractivity contribution in [2.24, 2.45) is 4.99 Å². The highest BCUT2D eigenvalue weighted by Gasteiger charge is 2.35. The molecule has 168 valence electrons. The van der Waals surface area contributed by atoms with Gasteiger partial charge in [-0.2, -0.15) is 0 Å². The molecule has 1 fully saturated rings. The lowest BCUT2D eigenvalue weighted by atomic mass is 9.74. The largest absolute Gasteiger partial charge is 0.454 e. The van der Waals surface area contributed by atoms with Crippen LogP contribution in [0.15, 0.2) is 47.5 Å². The third-order valence-corrected chi connectivity index (χ3v) is 5.68. The fraction of sp³-hybridized carbons (Fsp3) is 0.435. The zero-order chi connectivity index (χ0) is 20.8. The number of guanidine groups is 1. The molecule has 0 saturated carbocycles. The first-order chi connectivity index (χ1) is 14.7. The summed E-state index contributed by atoms with van der Waals surface area (Å²) in [5.41, 5.74) is 1.86. The zero-order valence-electron chi connectivity index (χ0n) is 17.7. The van der Waals surface area contributed by atoms with Crippen molar-refractivity contribution < 1.29 is 18.6 Å². The Morgan fingerprint density at radius 2 is 1.87 bits per heavy atom. The van der Waals surface area contributed by atoms with Gasteiger partial charge in [-0.1, -0.05) is 18.2 Å². The summed E-state index contributed by atoms with van der Waals surface area (Å²) in [6.07, 6.45) is 1.68. The van der Waals surface area contributed by atoms with Crippen LogP contribution in [0.3, 0.4) is 0 Å². The molecule has 0 atom stereocenters. The molecule has 6 nitrogen and oxygen atoms in total. The van der Waals surface area contributed by atoms with Gasteiger partial charge in [0.1, 0.15) is 5.82 Å². The van der Waals surface area contributed by atoms with Crippen molar-refractivity contribution in [2.45, 2.75) is 31.7 Å². The maximum absolute atomic E-state index is 13.9. The van der Waals surface area contributed by atoms with Gasteiger partial charge in [-0.3, -0.25) is 0 Å². The number of hydrogen-bond acceptors (Lipinski definition) is 4. The van der Waals surface area contributed by atoms with Gasteiger partial charge < -0.3 is 24.8 Å². The average Bonchev–Trinajstić information content (AvgIpc) is 3.24. The van der Waals surface area contributed by atoms with Crippen LogP contribution >= 0.6 is 24.0 Å². The van der Waals surface area contributed by atoms with Crippen molar-refractivity contribution in [2.75, 3.05) is 33.1 Å². The number of nitrogens with zero attached hydrogens (tertiary/aromatic N) is 1. The Labute approximate surface area is 199 Å². The van der Waals surface area contributed by atoms with Crippen LogP contribution in [-0.2, 0) is 16.7 Å². The van der Waals surface area contributed by atoms with Crippen LogP contribution in [-0.4, -0.2) is 39.1 Å². The normalized spacial score (nSPS) is 17.0. The molecule has 0 amide bonds. The summed E-state index contributed by atoms with van der Waals surface area (Å²) in [6, 6.07) is 12.8.